The highest BCUT2D eigenvalue weighted by molar-refractivity contribution is 5.90. The molecule has 0 atom stereocenters. The zero-order valence-electron chi connectivity index (χ0n) is 13.0. The summed E-state index contributed by atoms with van der Waals surface area (Å²) in [6.45, 7) is 10.5. The number of anilines is 2. The molecule has 4 nitrogen and oxygen atoms in total. The van der Waals surface area contributed by atoms with Crippen LogP contribution in [0, 0.1) is 5.92 Å². The Balaban J connectivity index is 2.43. The number of amides is 1. The van der Waals surface area contributed by atoms with Crippen molar-refractivity contribution in [3.05, 3.63) is 24.3 Å². The summed E-state index contributed by atoms with van der Waals surface area (Å²) in [6, 6.07) is 7.67. The van der Waals surface area contributed by atoms with Gasteiger partial charge in [-0.2, -0.15) is 0 Å². The maximum atomic E-state index is 11.9. The van der Waals surface area contributed by atoms with Gasteiger partial charge in [-0.3, -0.25) is 4.79 Å². The average Bonchev–Trinajstić information content (AvgIpc) is 2.36. The molecular weight excluding hydrogens is 250 g/mol. The maximum absolute atomic E-state index is 11.9. The number of carbonyl (C=O) groups is 1. The minimum atomic E-state index is 0.0455. The molecule has 1 amide bonds. The van der Waals surface area contributed by atoms with Crippen LogP contribution in [0.3, 0.4) is 0 Å². The Morgan fingerprint density at radius 2 is 1.80 bits per heavy atom. The second-order valence-electron chi connectivity index (χ2n) is 5.90. The van der Waals surface area contributed by atoms with E-state index >= 15 is 0 Å². The molecule has 0 spiro atoms. The summed E-state index contributed by atoms with van der Waals surface area (Å²) in [6.07, 6.45) is 0.509. The molecule has 0 bridgehead atoms. The molecule has 20 heavy (non-hydrogen) atoms. The summed E-state index contributed by atoms with van der Waals surface area (Å²) >= 11 is 0. The van der Waals surface area contributed by atoms with Crippen molar-refractivity contribution in [1.29, 1.82) is 0 Å². The number of carbonyl (C=O) groups excluding carboxylic acids is 1. The predicted molar refractivity (Wildman–Crippen MR) is 85.6 cm³/mol. The Hall–Kier alpha value is -1.55. The van der Waals surface area contributed by atoms with Gasteiger partial charge in [-0.1, -0.05) is 13.8 Å². The summed E-state index contributed by atoms with van der Waals surface area (Å²) in [5.41, 5.74) is 7.11. The van der Waals surface area contributed by atoms with Crippen LogP contribution in [-0.4, -0.2) is 29.9 Å². The molecule has 1 aromatic carbocycles. The van der Waals surface area contributed by atoms with Crippen molar-refractivity contribution < 1.29 is 4.79 Å². The fraction of sp³-hybridized carbons (Fsp3) is 0.562. The molecule has 0 aliphatic carbocycles. The highest BCUT2D eigenvalue weighted by atomic mass is 16.1. The zero-order chi connectivity index (χ0) is 15.1. The first-order valence-corrected chi connectivity index (χ1v) is 7.28. The van der Waals surface area contributed by atoms with Gasteiger partial charge in [0.05, 0.1) is 0 Å². The van der Waals surface area contributed by atoms with E-state index in [1.807, 2.05) is 12.1 Å². The molecule has 0 heterocycles. The third-order valence-electron chi connectivity index (χ3n) is 3.15. The predicted octanol–water partition coefficient (Wildman–Crippen LogP) is 2.96. The number of hydrogen-bond acceptors (Lipinski definition) is 3. The van der Waals surface area contributed by atoms with E-state index in [2.05, 4.69) is 37.9 Å². The zero-order valence-corrected chi connectivity index (χ0v) is 13.0. The first kappa shape index (κ1) is 16.5. The van der Waals surface area contributed by atoms with Gasteiger partial charge in [0.15, 0.2) is 0 Å². The second-order valence-corrected chi connectivity index (χ2v) is 5.90. The van der Waals surface area contributed by atoms with Crippen LogP contribution in [0.1, 0.15) is 34.1 Å². The van der Waals surface area contributed by atoms with Gasteiger partial charge in [-0.25, -0.2) is 0 Å². The third-order valence-corrected chi connectivity index (χ3v) is 3.15. The number of nitrogens with zero attached hydrogens (tertiary/aromatic N) is 1. The minimum Gasteiger partial charge on any atom is -0.399 e. The van der Waals surface area contributed by atoms with Crippen LogP contribution in [0.15, 0.2) is 24.3 Å². The number of hydrogen-bond donors (Lipinski definition) is 2. The quantitative estimate of drug-likeness (QED) is 0.753. The monoisotopic (exact) mass is 277 g/mol. The molecule has 0 saturated carbocycles. The average molecular weight is 277 g/mol. The number of benzene rings is 1. The van der Waals surface area contributed by atoms with Gasteiger partial charge in [0.25, 0.3) is 0 Å². The van der Waals surface area contributed by atoms with Gasteiger partial charge in [0.1, 0.15) is 0 Å². The van der Waals surface area contributed by atoms with Crippen molar-refractivity contribution in [1.82, 2.24) is 4.90 Å². The largest absolute Gasteiger partial charge is 0.399 e. The van der Waals surface area contributed by atoms with Gasteiger partial charge in [-0.15, -0.1) is 0 Å². The highest BCUT2D eigenvalue weighted by Gasteiger charge is 2.13. The van der Waals surface area contributed by atoms with Gasteiger partial charge < -0.3 is 16.0 Å². The number of rotatable bonds is 7. The van der Waals surface area contributed by atoms with Crippen LogP contribution in [0.2, 0.25) is 0 Å². The SMILES string of the molecule is CC(C)CN(CCC(=O)Nc1ccc(N)cc1)C(C)C. The van der Waals surface area contributed by atoms with E-state index in [1.54, 1.807) is 12.1 Å². The lowest BCUT2D eigenvalue weighted by molar-refractivity contribution is -0.116. The second kappa shape index (κ2) is 7.90. The number of nitrogens with one attached hydrogen (secondary N) is 1. The van der Waals surface area contributed by atoms with Crippen LogP contribution in [0.25, 0.3) is 0 Å². The Labute approximate surface area is 122 Å². The van der Waals surface area contributed by atoms with E-state index in [9.17, 15) is 4.79 Å². The Kier molecular flexibility index (Phi) is 6.52. The molecular formula is C16H27N3O. The first-order valence-electron chi connectivity index (χ1n) is 7.28. The smallest absolute Gasteiger partial charge is 0.225 e. The van der Waals surface area contributed by atoms with Crippen LogP contribution >= 0.6 is 0 Å². The molecule has 112 valence electrons. The molecule has 3 N–H and O–H groups in total. The maximum Gasteiger partial charge on any atom is 0.225 e. The topological polar surface area (TPSA) is 58.4 Å². The van der Waals surface area contributed by atoms with E-state index in [0.29, 0.717) is 24.1 Å². The van der Waals surface area contributed by atoms with Gasteiger partial charge >= 0.3 is 0 Å². The Bertz CT molecular complexity index is 412. The van der Waals surface area contributed by atoms with Crippen LogP contribution < -0.4 is 11.1 Å². The van der Waals surface area contributed by atoms with Crippen molar-refractivity contribution in [3.8, 4) is 0 Å². The van der Waals surface area contributed by atoms with Crippen molar-refractivity contribution >= 4 is 17.3 Å². The summed E-state index contributed by atoms with van der Waals surface area (Å²) in [5, 5.41) is 2.90. The van der Waals surface area contributed by atoms with E-state index in [4.69, 9.17) is 5.73 Å². The normalized spacial score (nSPS) is 11.3. The molecule has 0 aliphatic heterocycles. The number of nitrogen functional groups attached to an aromatic ring is 1. The lowest BCUT2D eigenvalue weighted by Gasteiger charge is -2.27. The summed E-state index contributed by atoms with van der Waals surface area (Å²) < 4.78 is 0. The van der Waals surface area contributed by atoms with Gasteiger partial charge in [0.2, 0.25) is 5.91 Å². The highest BCUT2D eigenvalue weighted by Crippen LogP contribution is 2.11. The molecule has 0 aliphatic rings. The van der Waals surface area contributed by atoms with Gasteiger partial charge in [-0.05, 0) is 44.0 Å². The lowest BCUT2D eigenvalue weighted by Crippen LogP contribution is -2.36. The summed E-state index contributed by atoms with van der Waals surface area (Å²) in [7, 11) is 0. The molecule has 1 aromatic rings. The number of nitrogens with two attached hydrogens (primary N) is 1. The van der Waals surface area contributed by atoms with Crippen molar-refractivity contribution in [2.45, 2.75) is 40.2 Å². The van der Waals surface area contributed by atoms with E-state index in [1.165, 1.54) is 0 Å². The first-order chi connectivity index (χ1) is 9.38. The fourth-order valence-corrected chi connectivity index (χ4v) is 2.06. The molecule has 1 rings (SSSR count). The molecule has 0 radical (unpaired) electrons. The summed E-state index contributed by atoms with van der Waals surface area (Å²) in [4.78, 5) is 14.3. The van der Waals surface area contributed by atoms with E-state index in [0.717, 1.165) is 18.8 Å². The lowest BCUT2D eigenvalue weighted by atomic mass is 10.1. The standard InChI is InChI=1S/C16H27N3O/c1-12(2)11-19(13(3)4)10-9-16(20)18-15-7-5-14(17)6-8-15/h5-8,12-13H,9-11,17H2,1-4H3,(H,18,20). The van der Waals surface area contributed by atoms with Crippen molar-refractivity contribution in [2.24, 2.45) is 5.92 Å². The van der Waals surface area contributed by atoms with Crippen LogP contribution in [-0.2, 0) is 4.79 Å². The van der Waals surface area contributed by atoms with Crippen LogP contribution in [0.4, 0.5) is 11.4 Å². The van der Waals surface area contributed by atoms with E-state index in [-0.39, 0.29) is 5.91 Å². The van der Waals surface area contributed by atoms with Gasteiger partial charge in [0, 0.05) is 36.9 Å². The van der Waals surface area contributed by atoms with Crippen LogP contribution in [0.5, 0.6) is 0 Å². The van der Waals surface area contributed by atoms with Crippen molar-refractivity contribution in [3.63, 3.8) is 0 Å². The fourth-order valence-electron chi connectivity index (χ4n) is 2.06. The molecule has 0 fully saturated rings. The molecule has 0 saturated heterocycles. The molecule has 0 unspecified atom stereocenters. The molecule has 0 aromatic heterocycles. The van der Waals surface area contributed by atoms with E-state index < -0.39 is 0 Å². The Morgan fingerprint density at radius 1 is 1.20 bits per heavy atom. The molecule has 4 heteroatoms. The Morgan fingerprint density at radius 3 is 2.30 bits per heavy atom. The van der Waals surface area contributed by atoms with Crippen molar-refractivity contribution in [2.75, 3.05) is 24.1 Å². The third kappa shape index (κ3) is 6.06. The summed E-state index contributed by atoms with van der Waals surface area (Å²) in [5.74, 6) is 0.654. The minimum absolute atomic E-state index is 0.0455.